The van der Waals surface area contributed by atoms with Gasteiger partial charge in [0.1, 0.15) is 17.1 Å². The molecule has 0 aromatic heterocycles. The maximum absolute atomic E-state index is 12.2. The van der Waals surface area contributed by atoms with Crippen LogP contribution in [-0.2, 0) is 20.7 Å². The van der Waals surface area contributed by atoms with Crippen molar-refractivity contribution in [2.45, 2.75) is 58.5 Å². The molecule has 2 aromatic rings. The summed E-state index contributed by atoms with van der Waals surface area (Å²) in [6, 6.07) is 12.5. The molecular weight excluding hydrogens is 406 g/mol. The molecule has 1 aliphatic heterocycles. The standard InChI is InChI=1S/C26H27NO5/c1-26(2,3)32-23(29)15-7-5-4-6-10-18-11-8-13-20(16-18)31-21-14-9-12-19-17-22(28)27-25(30)24(19)21/h8-9,11-14,16H,4-5,7,15,17H2,1-3H3,(H,27,28,30). The van der Waals surface area contributed by atoms with Crippen LogP contribution in [0.25, 0.3) is 0 Å². The minimum absolute atomic E-state index is 0.151. The van der Waals surface area contributed by atoms with E-state index >= 15 is 0 Å². The molecule has 0 radical (unpaired) electrons. The molecular formula is C26H27NO5. The van der Waals surface area contributed by atoms with Gasteiger partial charge < -0.3 is 9.47 Å². The van der Waals surface area contributed by atoms with E-state index in [2.05, 4.69) is 17.2 Å². The van der Waals surface area contributed by atoms with Crippen LogP contribution in [0.2, 0.25) is 0 Å². The van der Waals surface area contributed by atoms with Gasteiger partial charge in [0.05, 0.1) is 12.0 Å². The van der Waals surface area contributed by atoms with Crippen LogP contribution in [-0.4, -0.2) is 23.4 Å². The Kier molecular flexibility index (Phi) is 7.32. The fraction of sp³-hybridized carbons (Fsp3) is 0.346. The van der Waals surface area contributed by atoms with Crippen LogP contribution in [0.1, 0.15) is 67.9 Å². The molecule has 0 bridgehead atoms. The molecule has 3 rings (SSSR count). The summed E-state index contributed by atoms with van der Waals surface area (Å²) in [6.07, 6.45) is 2.76. The number of ether oxygens (including phenoxy) is 2. The first-order valence-electron chi connectivity index (χ1n) is 10.7. The number of carbonyl (C=O) groups excluding carboxylic acids is 3. The normalized spacial score (nSPS) is 12.8. The number of fused-ring (bicyclic) bond motifs is 1. The molecule has 1 heterocycles. The van der Waals surface area contributed by atoms with Gasteiger partial charge in [0.15, 0.2) is 0 Å². The highest BCUT2D eigenvalue weighted by molar-refractivity contribution is 6.11. The fourth-order valence-corrected chi connectivity index (χ4v) is 3.28. The van der Waals surface area contributed by atoms with E-state index in [0.29, 0.717) is 35.5 Å². The first-order valence-corrected chi connectivity index (χ1v) is 10.7. The average Bonchev–Trinajstić information content (AvgIpc) is 2.69. The SMILES string of the molecule is CC(C)(C)OC(=O)CCCCC#Cc1cccc(Oc2cccc3c2C(=O)NC(=O)C3)c1. The Bertz CT molecular complexity index is 1090. The lowest BCUT2D eigenvalue weighted by Gasteiger charge is -2.19. The lowest BCUT2D eigenvalue weighted by Crippen LogP contribution is -2.37. The van der Waals surface area contributed by atoms with Gasteiger partial charge in [-0.25, -0.2) is 0 Å². The van der Waals surface area contributed by atoms with Crippen LogP contribution in [0.15, 0.2) is 42.5 Å². The number of carbonyl (C=O) groups is 3. The first kappa shape index (κ1) is 23.1. The summed E-state index contributed by atoms with van der Waals surface area (Å²) in [4.78, 5) is 35.6. The number of nitrogens with one attached hydrogen (secondary N) is 1. The van der Waals surface area contributed by atoms with E-state index in [4.69, 9.17) is 9.47 Å². The average molecular weight is 434 g/mol. The summed E-state index contributed by atoms with van der Waals surface area (Å²) in [5.74, 6) is 6.23. The lowest BCUT2D eigenvalue weighted by atomic mass is 9.99. The van der Waals surface area contributed by atoms with Gasteiger partial charge in [-0.05, 0) is 63.4 Å². The van der Waals surface area contributed by atoms with Crippen molar-refractivity contribution in [1.29, 1.82) is 0 Å². The predicted molar refractivity (Wildman–Crippen MR) is 120 cm³/mol. The summed E-state index contributed by atoms with van der Waals surface area (Å²) >= 11 is 0. The van der Waals surface area contributed by atoms with Gasteiger partial charge in [0, 0.05) is 18.4 Å². The van der Waals surface area contributed by atoms with E-state index < -0.39 is 11.5 Å². The molecule has 2 amide bonds. The van der Waals surface area contributed by atoms with Crippen LogP contribution < -0.4 is 10.1 Å². The summed E-state index contributed by atoms with van der Waals surface area (Å²) in [5.41, 5.74) is 1.37. The van der Waals surface area contributed by atoms with Gasteiger partial charge in [0.25, 0.3) is 5.91 Å². The molecule has 1 N–H and O–H groups in total. The number of imide groups is 1. The third-order valence-electron chi connectivity index (χ3n) is 4.59. The van der Waals surface area contributed by atoms with Crippen LogP contribution >= 0.6 is 0 Å². The predicted octanol–water partition coefficient (Wildman–Crippen LogP) is 4.55. The van der Waals surface area contributed by atoms with E-state index in [-0.39, 0.29) is 18.3 Å². The maximum Gasteiger partial charge on any atom is 0.306 e. The largest absolute Gasteiger partial charge is 0.460 e. The number of hydrogen-bond donors (Lipinski definition) is 1. The van der Waals surface area contributed by atoms with E-state index in [1.54, 1.807) is 30.3 Å². The molecule has 0 fully saturated rings. The Hall–Kier alpha value is -3.59. The second-order valence-electron chi connectivity index (χ2n) is 8.57. The third-order valence-corrected chi connectivity index (χ3v) is 4.59. The van der Waals surface area contributed by atoms with Crippen LogP contribution in [0.4, 0.5) is 0 Å². The number of rotatable bonds is 6. The van der Waals surface area contributed by atoms with Crippen LogP contribution in [0, 0.1) is 11.8 Å². The van der Waals surface area contributed by atoms with Crippen molar-refractivity contribution in [2.24, 2.45) is 0 Å². The summed E-state index contributed by atoms with van der Waals surface area (Å²) in [6.45, 7) is 5.57. The summed E-state index contributed by atoms with van der Waals surface area (Å²) < 4.78 is 11.2. The molecule has 0 saturated carbocycles. The Balaban J connectivity index is 1.56. The van der Waals surface area contributed by atoms with Crippen molar-refractivity contribution in [3.8, 4) is 23.3 Å². The second-order valence-corrected chi connectivity index (χ2v) is 8.57. The smallest absolute Gasteiger partial charge is 0.306 e. The minimum atomic E-state index is -0.454. The van der Waals surface area contributed by atoms with Crippen LogP contribution in [0.5, 0.6) is 11.5 Å². The molecule has 0 unspecified atom stereocenters. The highest BCUT2D eigenvalue weighted by Gasteiger charge is 2.26. The highest BCUT2D eigenvalue weighted by Crippen LogP contribution is 2.30. The van der Waals surface area contributed by atoms with Gasteiger partial charge in [-0.15, -0.1) is 0 Å². The second kappa shape index (κ2) is 10.1. The number of hydrogen-bond acceptors (Lipinski definition) is 5. The van der Waals surface area contributed by atoms with Crippen molar-refractivity contribution in [2.75, 3.05) is 0 Å². The van der Waals surface area contributed by atoms with Gasteiger partial charge >= 0.3 is 5.97 Å². The zero-order valence-electron chi connectivity index (χ0n) is 18.6. The van der Waals surface area contributed by atoms with Crippen molar-refractivity contribution in [3.05, 3.63) is 59.2 Å². The molecule has 0 saturated heterocycles. The Morgan fingerprint density at radius 3 is 2.66 bits per heavy atom. The summed E-state index contributed by atoms with van der Waals surface area (Å²) in [7, 11) is 0. The van der Waals surface area contributed by atoms with E-state index in [0.717, 1.165) is 18.4 Å². The van der Waals surface area contributed by atoms with Crippen molar-refractivity contribution >= 4 is 17.8 Å². The molecule has 6 nitrogen and oxygen atoms in total. The molecule has 6 heteroatoms. The van der Waals surface area contributed by atoms with Crippen molar-refractivity contribution in [3.63, 3.8) is 0 Å². The van der Waals surface area contributed by atoms with Crippen LogP contribution in [0.3, 0.4) is 0 Å². The number of benzene rings is 2. The zero-order valence-corrected chi connectivity index (χ0v) is 18.6. The number of amides is 2. The monoisotopic (exact) mass is 433 g/mol. The molecule has 0 atom stereocenters. The quantitative estimate of drug-likeness (QED) is 0.313. The molecule has 0 aliphatic carbocycles. The fourth-order valence-electron chi connectivity index (χ4n) is 3.28. The van der Waals surface area contributed by atoms with Crippen molar-refractivity contribution in [1.82, 2.24) is 5.32 Å². The summed E-state index contributed by atoms with van der Waals surface area (Å²) in [5, 5.41) is 2.33. The van der Waals surface area contributed by atoms with Gasteiger partial charge in [-0.1, -0.05) is 30.0 Å². The van der Waals surface area contributed by atoms with Gasteiger partial charge in [-0.2, -0.15) is 0 Å². The van der Waals surface area contributed by atoms with E-state index in [1.165, 1.54) is 0 Å². The molecule has 2 aromatic carbocycles. The first-order chi connectivity index (χ1) is 15.2. The minimum Gasteiger partial charge on any atom is -0.460 e. The molecule has 32 heavy (non-hydrogen) atoms. The van der Waals surface area contributed by atoms with Gasteiger partial charge in [-0.3, -0.25) is 19.7 Å². The Morgan fingerprint density at radius 1 is 1.09 bits per heavy atom. The Labute approximate surface area is 188 Å². The molecule has 0 spiro atoms. The van der Waals surface area contributed by atoms with E-state index in [9.17, 15) is 14.4 Å². The van der Waals surface area contributed by atoms with Gasteiger partial charge in [0.2, 0.25) is 5.91 Å². The number of esters is 1. The Morgan fingerprint density at radius 2 is 1.88 bits per heavy atom. The highest BCUT2D eigenvalue weighted by atomic mass is 16.6. The molecule has 166 valence electrons. The maximum atomic E-state index is 12.2. The molecule has 1 aliphatic rings. The zero-order chi connectivity index (χ0) is 23.1. The topological polar surface area (TPSA) is 81.7 Å². The van der Waals surface area contributed by atoms with E-state index in [1.807, 2.05) is 32.9 Å². The van der Waals surface area contributed by atoms with Crippen molar-refractivity contribution < 1.29 is 23.9 Å². The third kappa shape index (κ3) is 6.71. The lowest BCUT2D eigenvalue weighted by molar-refractivity contribution is -0.154. The number of unbranched alkanes of at least 4 members (excludes halogenated alkanes) is 2.